The van der Waals surface area contributed by atoms with Gasteiger partial charge in [0.05, 0.1) is 12.0 Å². The second-order valence-electron chi connectivity index (χ2n) is 4.51. The summed E-state index contributed by atoms with van der Waals surface area (Å²) in [4.78, 5) is 33.3. The molecule has 0 saturated carbocycles. The quantitative estimate of drug-likeness (QED) is 0.499. The molecule has 0 fully saturated rings. The van der Waals surface area contributed by atoms with Gasteiger partial charge in [-0.1, -0.05) is 6.58 Å². The first-order valence-electron chi connectivity index (χ1n) is 5.27. The molecule has 0 bridgehead atoms. The van der Waals surface area contributed by atoms with Gasteiger partial charge in [0.1, 0.15) is 6.61 Å². The standard InChI is InChI=1S/C13H18O4/c1-5-10(14)8-11(15)6-7-12(16)9-17-13(2,3)4/h5-7H,1,8-9H2,2-4H3. The molecular formula is C13H18O4. The number of carbonyl (C=O) groups excluding carboxylic acids is 3. The predicted molar refractivity (Wildman–Crippen MR) is 64.7 cm³/mol. The van der Waals surface area contributed by atoms with Crippen LogP contribution in [0.1, 0.15) is 27.2 Å². The highest BCUT2D eigenvalue weighted by molar-refractivity contribution is 6.10. The van der Waals surface area contributed by atoms with Crippen LogP contribution in [0.25, 0.3) is 0 Å². The molecule has 0 N–H and O–H groups in total. The molecule has 17 heavy (non-hydrogen) atoms. The highest BCUT2D eigenvalue weighted by atomic mass is 16.5. The molecule has 0 spiro atoms. The molecule has 94 valence electrons. The summed E-state index contributed by atoms with van der Waals surface area (Å²) >= 11 is 0. The monoisotopic (exact) mass is 238 g/mol. The maximum Gasteiger partial charge on any atom is 0.181 e. The summed E-state index contributed by atoms with van der Waals surface area (Å²) in [7, 11) is 0. The Morgan fingerprint density at radius 3 is 2.06 bits per heavy atom. The zero-order valence-electron chi connectivity index (χ0n) is 10.5. The van der Waals surface area contributed by atoms with Crippen molar-refractivity contribution in [3.05, 3.63) is 24.8 Å². The molecule has 0 rings (SSSR count). The number of carbonyl (C=O) groups is 3. The molecule has 0 unspecified atom stereocenters. The van der Waals surface area contributed by atoms with E-state index < -0.39 is 11.4 Å². The van der Waals surface area contributed by atoms with E-state index in [1.807, 2.05) is 20.8 Å². The lowest BCUT2D eigenvalue weighted by Crippen LogP contribution is -2.22. The van der Waals surface area contributed by atoms with Gasteiger partial charge in [0.15, 0.2) is 17.3 Å². The van der Waals surface area contributed by atoms with Crippen molar-refractivity contribution in [1.82, 2.24) is 0 Å². The second-order valence-corrected chi connectivity index (χ2v) is 4.51. The molecular weight excluding hydrogens is 220 g/mol. The number of hydrogen-bond acceptors (Lipinski definition) is 4. The average molecular weight is 238 g/mol. The first-order chi connectivity index (χ1) is 7.74. The predicted octanol–water partition coefficient (Wildman–Crippen LogP) is 1.64. The van der Waals surface area contributed by atoms with E-state index in [2.05, 4.69) is 6.58 Å². The molecule has 0 aliphatic heterocycles. The molecule has 0 atom stereocenters. The van der Waals surface area contributed by atoms with Crippen molar-refractivity contribution in [3.8, 4) is 0 Å². The van der Waals surface area contributed by atoms with Gasteiger partial charge in [-0.2, -0.15) is 0 Å². The Morgan fingerprint density at radius 2 is 1.59 bits per heavy atom. The van der Waals surface area contributed by atoms with Crippen LogP contribution in [0.2, 0.25) is 0 Å². The molecule has 0 radical (unpaired) electrons. The summed E-state index contributed by atoms with van der Waals surface area (Å²) in [5.74, 6) is -1.09. The number of ether oxygens (including phenoxy) is 1. The Bertz CT molecular complexity index is 345. The molecule has 0 heterocycles. The van der Waals surface area contributed by atoms with Crippen molar-refractivity contribution >= 4 is 17.3 Å². The van der Waals surface area contributed by atoms with Gasteiger partial charge in [-0.15, -0.1) is 0 Å². The Balaban J connectivity index is 4.07. The third-order valence-electron chi connectivity index (χ3n) is 1.68. The second kappa shape index (κ2) is 6.91. The zero-order valence-corrected chi connectivity index (χ0v) is 10.5. The van der Waals surface area contributed by atoms with Crippen LogP contribution in [-0.4, -0.2) is 29.6 Å². The van der Waals surface area contributed by atoms with E-state index in [4.69, 9.17) is 4.74 Å². The van der Waals surface area contributed by atoms with Gasteiger partial charge >= 0.3 is 0 Å². The third kappa shape index (κ3) is 9.38. The maximum atomic E-state index is 11.3. The Labute approximate surface area is 101 Å². The van der Waals surface area contributed by atoms with E-state index >= 15 is 0 Å². The van der Waals surface area contributed by atoms with Gasteiger partial charge in [-0.25, -0.2) is 0 Å². The van der Waals surface area contributed by atoms with Crippen LogP contribution in [0.3, 0.4) is 0 Å². The molecule has 0 amide bonds. The number of allylic oxidation sites excluding steroid dienone is 2. The van der Waals surface area contributed by atoms with Gasteiger partial charge in [-0.3, -0.25) is 14.4 Å². The van der Waals surface area contributed by atoms with Crippen LogP contribution >= 0.6 is 0 Å². The smallest absolute Gasteiger partial charge is 0.181 e. The van der Waals surface area contributed by atoms with Gasteiger partial charge in [-0.05, 0) is 39.0 Å². The van der Waals surface area contributed by atoms with Crippen molar-refractivity contribution in [2.45, 2.75) is 32.8 Å². The molecule has 0 aromatic carbocycles. The maximum absolute atomic E-state index is 11.3. The summed E-state index contributed by atoms with van der Waals surface area (Å²) in [6.45, 7) is 8.67. The van der Waals surface area contributed by atoms with Crippen LogP contribution in [0.4, 0.5) is 0 Å². The molecule has 4 heteroatoms. The fraction of sp³-hybridized carbons (Fsp3) is 0.462. The summed E-state index contributed by atoms with van der Waals surface area (Å²) in [5.41, 5.74) is -0.397. The van der Waals surface area contributed by atoms with Gasteiger partial charge in [0, 0.05) is 0 Å². The first kappa shape index (κ1) is 15.4. The fourth-order valence-corrected chi connectivity index (χ4v) is 0.824. The van der Waals surface area contributed by atoms with E-state index in [1.54, 1.807) is 0 Å². The van der Waals surface area contributed by atoms with Crippen molar-refractivity contribution < 1.29 is 19.1 Å². The van der Waals surface area contributed by atoms with Crippen molar-refractivity contribution in [2.75, 3.05) is 6.61 Å². The van der Waals surface area contributed by atoms with E-state index in [0.717, 1.165) is 18.2 Å². The number of hydrogen-bond donors (Lipinski definition) is 0. The summed E-state index contributed by atoms with van der Waals surface area (Å²) < 4.78 is 5.23. The van der Waals surface area contributed by atoms with Crippen LogP contribution in [0, 0.1) is 0 Å². The minimum atomic E-state index is -0.418. The minimum Gasteiger partial charge on any atom is -0.368 e. The molecule has 0 saturated heterocycles. The topological polar surface area (TPSA) is 60.4 Å². The molecule has 0 aromatic heterocycles. The fourth-order valence-electron chi connectivity index (χ4n) is 0.824. The number of ketones is 3. The summed E-state index contributed by atoms with van der Waals surface area (Å²) in [5, 5.41) is 0. The van der Waals surface area contributed by atoms with Gasteiger partial charge in [0.25, 0.3) is 0 Å². The van der Waals surface area contributed by atoms with Crippen molar-refractivity contribution in [1.29, 1.82) is 0 Å². The lowest BCUT2D eigenvalue weighted by atomic mass is 10.1. The average Bonchev–Trinajstić information content (AvgIpc) is 2.22. The summed E-state index contributed by atoms with van der Waals surface area (Å²) in [6.07, 6.45) is 3.05. The highest BCUT2D eigenvalue weighted by Crippen LogP contribution is 2.06. The zero-order chi connectivity index (χ0) is 13.5. The van der Waals surface area contributed by atoms with E-state index in [9.17, 15) is 14.4 Å². The SMILES string of the molecule is C=CC(=O)CC(=O)C=CC(=O)COC(C)(C)C. The minimum absolute atomic E-state index is 0.0807. The number of rotatable bonds is 7. The van der Waals surface area contributed by atoms with E-state index in [-0.39, 0.29) is 24.6 Å². The molecule has 0 aliphatic carbocycles. The first-order valence-corrected chi connectivity index (χ1v) is 5.27. The van der Waals surface area contributed by atoms with Crippen LogP contribution in [-0.2, 0) is 19.1 Å². The lowest BCUT2D eigenvalue weighted by molar-refractivity contribution is -0.125. The van der Waals surface area contributed by atoms with Crippen LogP contribution in [0.15, 0.2) is 24.8 Å². The molecule has 4 nitrogen and oxygen atoms in total. The largest absolute Gasteiger partial charge is 0.368 e. The van der Waals surface area contributed by atoms with Crippen LogP contribution in [0.5, 0.6) is 0 Å². The lowest BCUT2D eigenvalue weighted by Gasteiger charge is -2.17. The van der Waals surface area contributed by atoms with Crippen molar-refractivity contribution in [2.24, 2.45) is 0 Å². The normalized spacial score (nSPS) is 11.5. The van der Waals surface area contributed by atoms with Gasteiger partial charge < -0.3 is 4.74 Å². The molecule has 0 aromatic rings. The van der Waals surface area contributed by atoms with Gasteiger partial charge in [0.2, 0.25) is 0 Å². The van der Waals surface area contributed by atoms with Crippen molar-refractivity contribution in [3.63, 3.8) is 0 Å². The van der Waals surface area contributed by atoms with E-state index in [0.29, 0.717) is 0 Å². The Hall–Kier alpha value is -1.55. The third-order valence-corrected chi connectivity index (χ3v) is 1.68. The summed E-state index contributed by atoms with van der Waals surface area (Å²) in [6, 6.07) is 0. The molecule has 0 aliphatic rings. The van der Waals surface area contributed by atoms with Crippen LogP contribution < -0.4 is 0 Å². The van der Waals surface area contributed by atoms with E-state index in [1.165, 1.54) is 0 Å². The Morgan fingerprint density at radius 1 is 1.06 bits per heavy atom. The Kier molecular flexibility index (Phi) is 6.28. The highest BCUT2D eigenvalue weighted by Gasteiger charge is 2.11.